The molecule has 0 bridgehead atoms. The maximum Gasteiger partial charge on any atom is 0.269 e. The molecular formula is C15H11FN2O2. The normalized spacial score (nSPS) is 10.1. The number of aromatic nitrogens is 1. The minimum Gasteiger partial charge on any atom is -0.304 e. The third kappa shape index (κ3) is 2.64. The number of ketones is 1. The van der Waals surface area contributed by atoms with Gasteiger partial charge in [0.25, 0.3) is 5.56 Å². The Morgan fingerprint density at radius 2 is 1.90 bits per heavy atom. The molecule has 1 aromatic heterocycles. The number of benzene rings is 1. The molecule has 2 aromatic rings. The van der Waals surface area contributed by atoms with E-state index in [1.807, 2.05) is 0 Å². The van der Waals surface area contributed by atoms with Crippen molar-refractivity contribution in [2.45, 2.75) is 13.5 Å². The molecule has 0 spiro atoms. The third-order valence-corrected chi connectivity index (χ3v) is 2.98. The Morgan fingerprint density at radius 1 is 1.25 bits per heavy atom. The summed E-state index contributed by atoms with van der Waals surface area (Å²) in [6.07, 6.45) is 0. The molecule has 0 aliphatic carbocycles. The number of halogens is 1. The topological polar surface area (TPSA) is 62.9 Å². The standard InChI is InChI=1S/C15H11FN2O2/c1-10-2-3-12(8-17)15(20)18(10)9-14(19)11-4-6-13(16)7-5-11/h2-7H,9H2,1H3. The minimum atomic E-state index is -0.497. The summed E-state index contributed by atoms with van der Waals surface area (Å²) in [5, 5.41) is 8.83. The Balaban J connectivity index is 2.36. The predicted molar refractivity (Wildman–Crippen MR) is 70.9 cm³/mol. The Labute approximate surface area is 114 Å². The number of Topliss-reactive ketones (excluding diaryl/α,β-unsaturated/α-hetero) is 1. The number of nitriles is 1. The van der Waals surface area contributed by atoms with Gasteiger partial charge in [0.2, 0.25) is 0 Å². The molecule has 0 unspecified atom stereocenters. The summed E-state index contributed by atoms with van der Waals surface area (Å²) in [5.41, 5.74) is 0.398. The van der Waals surface area contributed by atoms with E-state index in [9.17, 15) is 14.0 Å². The summed E-state index contributed by atoms with van der Waals surface area (Å²) in [6, 6.07) is 9.94. The Kier molecular flexibility index (Phi) is 3.76. The van der Waals surface area contributed by atoms with Gasteiger partial charge in [-0.3, -0.25) is 9.59 Å². The fourth-order valence-electron chi connectivity index (χ4n) is 1.82. The summed E-state index contributed by atoms with van der Waals surface area (Å²) < 4.78 is 14.0. The number of pyridine rings is 1. The molecule has 1 aromatic carbocycles. The molecule has 0 N–H and O–H groups in total. The van der Waals surface area contributed by atoms with E-state index < -0.39 is 11.4 Å². The van der Waals surface area contributed by atoms with Gasteiger partial charge in [0.1, 0.15) is 17.4 Å². The molecule has 100 valence electrons. The largest absolute Gasteiger partial charge is 0.304 e. The average molecular weight is 270 g/mol. The van der Waals surface area contributed by atoms with Gasteiger partial charge in [-0.1, -0.05) is 0 Å². The van der Waals surface area contributed by atoms with Crippen molar-refractivity contribution in [3.63, 3.8) is 0 Å². The molecule has 1 heterocycles. The van der Waals surface area contributed by atoms with Gasteiger partial charge in [0.05, 0.1) is 6.54 Å². The first-order valence-corrected chi connectivity index (χ1v) is 5.92. The molecule has 5 heteroatoms. The van der Waals surface area contributed by atoms with Crippen LogP contribution in [0.15, 0.2) is 41.2 Å². The SMILES string of the molecule is Cc1ccc(C#N)c(=O)n1CC(=O)c1ccc(F)cc1. The zero-order valence-corrected chi connectivity index (χ0v) is 10.8. The first kappa shape index (κ1) is 13.7. The van der Waals surface area contributed by atoms with Crippen LogP contribution in [0.3, 0.4) is 0 Å². The predicted octanol–water partition coefficient (Wildman–Crippen LogP) is 2.05. The molecule has 0 aliphatic heterocycles. The summed E-state index contributed by atoms with van der Waals surface area (Å²) in [6.45, 7) is 1.51. The number of carbonyl (C=O) groups is 1. The van der Waals surface area contributed by atoms with Gasteiger partial charge < -0.3 is 4.57 Å². The van der Waals surface area contributed by atoms with Crippen molar-refractivity contribution in [1.29, 1.82) is 5.26 Å². The summed E-state index contributed by atoms with van der Waals surface area (Å²) in [7, 11) is 0. The van der Waals surface area contributed by atoms with Crippen LogP contribution in [0.25, 0.3) is 0 Å². The summed E-state index contributed by atoms with van der Waals surface area (Å²) >= 11 is 0. The highest BCUT2D eigenvalue weighted by Gasteiger charge is 2.11. The Morgan fingerprint density at radius 3 is 2.50 bits per heavy atom. The van der Waals surface area contributed by atoms with Crippen molar-refractivity contribution in [3.05, 3.63) is 69.4 Å². The van der Waals surface area contributed by atoms with Crippen molar-refractivity contribution in [1.82, 2.24) is 4.57 Å². The number of hydrogen-bond donors (Lipinski definition) is 0. The Hall–Kier alpha value is -2.74. The van der Waals surface area contributed by atoms with Crippen molar-refractivity contribution < 1.29 is 9.18 Å². The molecule has 0 atom stereocenters. The quantitative estimate of drug-likeness (QED) is 0.802. The molecule has 0 saturated heterocycles. The number of hydrogen-bond acceptors (Lipinski definition) is 3. The van der Waals surface area contributed by atoms with Gasteiger partial charge >= 0.3 is 0 Å². The molecule has 20 heavy (non-hydrogen) atoms. The van der Waals surface area contributed by atoms with Gasteiger partial charge in [0, 0.05) is 11.3 Å². The van der Waals surface area contributed by atoms with E-state index in [1.165, 1.54) is 34.9 Å². The molecule has 0 saturated carbocycles. The van der Waals surface area contributed by atoms with E-state index in [0.717, 1.165) is 0 Å². The average Bonchev–Trinajstić information content (AvgIpc) is 2.44. The second-order valence-corrected chi connectivity index (χ2v) is 4.32. The Bertz CT molecular complexity index is 755. The highest BCUT2D eigenvalue weighted by Crippen LogP contribution is 2.06. The lowest BCUT2D eigenvalue weighted by Gasteiger charge is -2.09. The maximum atomic E-state index is 12.8. The smallest absolute Gasteiger partial charge is 0.269 e. The van der Waals surface area contributed by atoms with Crippen molar-refractivity contribution in [2.24, 2.45) is 0 Å². The molecular weight excluding hydrogens is 259 g/mol. The number of rotatable bonds is 3. The molecule has 2 rings (SSSR count). The van der Waals surface area contributed by atoms with Gasteiger partial charge in [-0.2, -0.15) is 5.26 Å². The van der Waals surface area contributed by atoms with Crippen LogP contribution >= 0.6 is 0 Å². The van der Waals surface area contributed by atoms with Crippen LogP contribution in [0.2, 0.25) is 0 Å². The van der Waals surface area contributed by atoms with Crippen LogP contribution in [0.1, 0.15) is 21.6 Å². The number of aryl methyl sites for hydroxylation is 1. The van der Waals surface area contributed by atoms with Gasteiger partial charge in [-0.15, -0.1) is 0 Å². The lowest BCUT2D eigenvalue weighted by molar-refractivity contribution is 0.0970. The van der Waals surface area contributed by atoms with Crippen molar-refractivity contribution in [3.8, 4) is 6.07 Å². The van der Waals surface area contributed by atoms with Gasteiger partial charge in [0.15, 0.2) is 5.78 Å². The van der Waals surface area contributed by atoms with Crippen molar-refractivity contribution in [2.75, 3.05) is 0 Å². The van der Waals surface area contributed by atoms with Crippen LogP contribution in [-0.4, -0.2) is 10.4 Å². The second kappa shape index (κ2) is 5.49. The maximum absolute atomic E-state index is 12.8. The fourth-order valence-corrected chi connectivity index (χ4v) is 1.82. The van der Waals surface area contributed by atoms with Gasteiger partial charge in [-0.25, -0.2) is 4.39 Å². The molecule has 0 radical (unpaired) electrons. The number of carbonyl (C=O) groups excluding carboxylic acids is 1. The lowest BCUT2D eigenvalue weighted by Crippen LogP contribution is -2.27. The van der Waals surface area contributed by atoms with E-state index in [-0.39, 0.29) is 17.9 Å². The van der Waals surface area contributed by atoms with Crippen LogP contribution in [0.5, 0.6) is 0 Å². The number of nitrogens with zero attached hydrogens (tertiary/aromatic N) is 2. The molecule has 4 nitrogen and oxygen atoms in total. The van der Waals surface area contributed by atoms with Gasteiger partial charge in [-0.05, 0) is 43.3 Å². The molecule has 0 aliphatic rings. The first-order chi connectivity index (χ1) is 9.52. The van der Waals surface area contributed by atoms with E-state index in [2.05, 4.69) is 0 Å². The first-order valence-electron chi connectivity index (χ1n) is 5.92. The van der Waals surface area contributed by atoms with Crippen LogP contribution < -0.4 is 5.56 Å². The van der Waals surface area contributed by atoms with E-state index in [4.69, 9.17) is 5.26 Å². The highest BCUT2D eigenvalue weighted by molar-refractivity contribution is 5.95. The lowest BCUT2D eigenvalue weighted by atomic mass is 10.1. The zero-order chi connectivity index (χ0) is 14.7. The van der Waals surface area contributed by atoms with Crippen LogP contribution in [0.4, 0.5) is 4.39 Å². The van der Waals surface area contributed by atoms with E-state index >= 15 is 0 Å². The monoisotopic (exact) mass is 270 g/mol. The van der Waals surface area contributed by atoms with Crippen LogP contribution in [0, 0.1) is 24.1 Å². The second-order valence-electron chi connectivity index (χ2n) is 4.32. The fraction of sp³-hybridized carbons (Fsp3) is 0.133. The molecule has 0 fully saturated rings. The van der Waals surface area contributed by atoms with Crippen molar-refractivity contribution >= 4 is 5.78 Å². The highest BCUT2D eigenvalue weighted by atomic mass is 19.1. The zero-order valence-electron chi connectivity index (χ0n) is 10.8. The minimum absolute atomic E-state index is 0.0116. The van der Waals surface area contributed by atoms with E-state index in [0.29, 0.717) is 11.3 Å². The third-order valence-electron chi connectivity index (χ3n) is 2.98. The van der Waals surface area contributed by atoms with Crippen LogP contribution in [-0.2, 0) is 6.54 Å². The summed E-state index contributed by atoms with van der Waals surface area (Å²) in [4.78, 5) is 24.0. The van der Waals surface area contributed by atoms with E-state index in [1.54, 1.807) is 19.1 Å². The summed E-state index contributed by atoms with van der Waals surface area (Å²) in [5.74, 6) is -0.744. The molecule has 0 amide bonds.